The van der Waals surface area contributed by atoms with Crippen molar-refractivity contribution >= 4 is 14.5 Å². The number of aryl methyl sites for hydroxylation is 1. The van der Waals surface area contributed by atoms with Crippen LogP contribution >= 0.6 is 0 Å². The highest BCUT2D eigenvalue weighted by Crippen LogP contribution is 2.29. The molecule has 1 aromatic carbocycles. The van der Waals surface area contributed by atoms with Crippen molar-refractivity contribution in [3.63, 3.8) is 0 Å². The quantitative estimate of drug-likeness (QED) is 0.622. The van der Waals surface area contributed by atoms with E-state index in [-0.39, 0.29) is 6.04 Å². The van der Waals surface area contributed by atoms with Crippen molar-refractivity contribution in [2.75, 3.05) is 0 Å². The van der Waals surface area contributed by atoms with Gasteiger partial charge in [0, 0.05) is 25.0 Å². The Kier molecular flexibility index (Phi) is 4.62. The SMILES string of the molecule is CC(N=Cc1ccnn1C)c1ccccc1O[Si](C)(C)C. The van der Waals surface area contributed by atoms with E-state index in [1.54, 1.807) is 10.9 Å². The molecule has 1 unspecified atom stereocenters. The van der Waals surface area contributed by atoms with Gasteiger partial charge in [-0.15, -0.1) is 0 Å². The van der Waals surface area contributed by atoms with Crippen molar-refractivity contribution in [3.8, 4) is 5.75 Å². The van der Waals surface area contributed by atoms with Gasteiger partial charge < -0.3 is 4.43 Å². The summed E-state index contributed by atoms with van der Waals surface area (Å²) in [4.78, 5) is 4.64. The second-order valence-corrected chi connectivity index (χ2v) is 10.5. The Hall–Kier alpha value is -1.88. The van der Waals surface area contributed by atoms with E-state index in [1.165, 1.54) is 0 Å². The monoisotopic (exact) mass is 301 g/mol. The Morgan fingerprint density at radius 2 is 1.95 bits per heavy atom. The largest absolute Gasteiger partial charge is 0.544 e. The fourth-order valence-electron chi connectivity index (χ4n) is 2.03. The van der Waals surface area contributed by atoms with E-state index in [0.717, 1.165) is 17.0 Å². The molecule has 1 heterocycles. The summed E-state index contributed by atoms with van der Waals surface area (Å²) in [7, 11) is 0.285. The average molecular weight is 301 g/mol. The molecule has 0 amide bonds. The first-order valence-electron chi connectivity index (χ1n) is 7.16. The second kappa shape index (κ2) is 6.26. The van der Waals surface area contributed by atoms with Crippen LogP contribution in [-0.4, -0.2) is 24.3 Å². The predicted octanol–water partition coefficient (Wildman–Crippen LogP) is 3.81. The van der Waals surface area contributed by atoms with E-state index in [0.29, 0.717) is 0 Å². The van der Waals surface area contributed by atoms with Gasteiger partial charge in [0.05, 0.1) is 11.7 Å². The molecule has 5 heteroatoms. The molecule has 0 N–H and O–H groups in total. The number of hydrogen-bond acceptors (Lipinski definition) is 3. The smallest absolute Gasteiger partial charge is 0.242 e. The molecule has 112 valence electrons. The van der Waals surface area contributed by atoms with Gasteiger partial charge in [-0.05, 0) is 38.7 Å². The maximum absolute atomic E-state index is 6.16. The lowest BCUT2D eigenvalue weighted by Crippen LogP contribution is -2.29. The minimum atomic E-state index is -1.63. The van der Waals surface area contributed by atoms with Gasteiger partial charge in [0.15, 0.2) is 0 Å². The maximum atomic E-state index is 6.16. The van der Waals surface area contributed by atoms with Crippen molar-refractivity contribution < 1.29 is 4.43 Å². The Morgan fingerprint density at radius 1 is 1.24 bits per heavy atom. The molecular weight excluding hydrogens is 278 g/mol. The summed E-state index contributed by atoms with van der Waals surface area (Å²) >= 11 is 0. The summed E-state index contributed by atoms with van der Waals surface area (Å²) in [5, 5.41) is 4.14. The maximum Gasteiger partial charge on any atom is 0.242 e. The van der Waals surface area contributed by atoms with Gasteiger partial charge in [0.25, 0.3) is 0 Å². The van der Waals surface area contributed by atoms with Crippen LogP contribution in [-0.2, 0) is 7.05 Å². The lowest BCUT2D eigenvalue weighted by Gasteiger charge is -2.22. The Bertz CT molecular complexity index is 628. The molecule has 2 rings (SSSR count). The van der Waals surface area contributed by atoms with Crippen LogP contribution in [0.25, 0.3) is 0 Å². The number of nitrogens with zero attached hydrogens (tertiary/aromatic N) is 3. The van der Waals surface area contributed by atoms with Crippen molar-refractivity contribution in [2.24, 2.45) is 12.0 Å². The highest BCUT2D eigenvalue weighted by molar-refractivity contribution is 6.70. The van der Waals surface area contributed by atoms with Crippen LogP contribution in [0.5, 0.6) is 5.75 Å². The topological polar surface area (TPSA) is 39.4 Å². The first kappa shape index (κ1) is 15.5. The first-order chi connectivity index (χ1) is 9.87. The summed E-state index contributed by atoms with van der Waals surface area (Å²) in [6.45, 7) is 8.65. The van der Waals surface area contributed by atoms with Crippen LogP contribution in [0.15, 0.2) is 41.5 Å². The summed E-state index contributed by atoms with van der Waals surface area (Å²) in [6, 6.07) is 10.1. The molecule has 0 radical (unpaired) electrons. The minimum absolute atomic E-state index is 0.0486. The van der Waals surface area contributed by atoms with Crippen LogP contribution < -0.4 is 4.43 Å². The fourth-order valence-corrected chi connectivity index (χ4v) is 2.87. The zero-order valence-electron chi connectivity index (χ0n) is 13.4. The van der Waals surface area contributed by atoms with Crippen LogP contribution in [0, 0.1) is 0 Å². The third kappa shape index (κ3) is 4.29. The Balaban J connectivity index is 2.21. The van der Waals surface area contributed by atoms with Crippen molar-refractivity contribution in [3.05, 3.63) is 47.8 Å². The molecular formula is C16H23N3OSi. The highest BCUT2D eigenvalue weighted by atomic mass is 28.4. The zero-order chi connectivity index (χ0) is 15.5. The summed E-state index contributed by atoms with van der Waals surface area (Å²) in [5.74, 6) is 0.950. The van der Waals surface area contributed by atoms with E-state index in [4.69, 9.17) is 4.43 Å². The second-order valence-electron chi connectivity index (χ2n) is 6.09. The number of benzene rings is 1. The van der Waals surface area contributed by atoms with Crippen molar-refractivity contribution in [1.29, 1.82) is 0 Å². The van der Waals surface area contributed by atoms with Gasteiger partial charge in [0.2, 0.25) is 8.32 Å². The number of aromatic nitrogens is 2. The van der Waals surface area contributed by atoms with E-state index in [9.17, 15) is 0 Å². The molecule has 1 aromatic heterocycles. The van der Waals surface area contributed by atoms with Gasteiger partial charge in [-0.2, -0.15) is 5.10 Å². The summed E-state index contributed by atoms with van der Waals surface area (Å²) in [5.41, 5.74) is 2.11. The molecule has 21 heavy (non-hydrogen) atoms. The van der Waals surface area contributed by atoms with Crippen LogP contribution in [0.3, 0.4) is 0 Å². The molecule has 0 aliphatic carbocycles. The molecule has 1 atom stereocenters. The van der Waals surface area contributed by atoms with E-state index < -0.39 is 8.32 Å². The standard InChI is InChI=1S/C16H23N3OSi/c1-13(17-12-14-10-11-18-19(14)2)15-8-6-7-9-16(15)20-21(3,4)5/h6-13H,1-5H3. The van der Waals surface area contributed by atoms with Crippen LogP contribution in [0.2, 0.25) is 19.6 Å². The molecule has 2 aromatic rings. The van der Waals surface area contributed by atoms with Gasteiger partial charge >= 0.3 is 0 Å². The molecule has 0 saturated carbocycles. The molecule has 0 aliphatic heterocycles. The number of rotatable bonds is 5. The predicted molar refractivity (Wildman–Crippen MR) is 89.6 cm³/mol. The fraction of sp³-hybridized carbons (Fsp3) is 0.375. The number of aliphatic imine (C=N–C) groups is 1. The van der Waals surface area contributed by atoms with E-state index in [1.807, 2.05) is 37.5 Å². The molecule has 0 fully saturated rings. The summed E-state index contributed by atoms with van der Waals surface area (Å²) < 4.78 is 7.97. The third-order valence-corrected chi connectivity index (χ3v) is 3.91. The minimum Gasteiger partial charge on any atom is -0.544 e. The molecule has 0 saturated heterocycles. The van der Waals surface area contributed by atoms with Gasteiger partial charge in [-0.3, -0.25) is 9.67 Å². The van der Waals surface area contributed by atoms with Gasteiger partial charge in [0.1, 0.15) is 5.75 Å². The zero-order valence-corrected chi connectivity index (χ0v) is 14.4. The number of para-hydroxylation sites is 1. The van der Waals surface area contributed by atoms with Crippen LogP contribution in [0.4, 0.5) is 0 Å². The van der Waals surface area contributed by atoms with Crippen molar-refractivity contribution in [1.82, 2.24) is 9.78 Å². The van der Waals surface area contributed by atoms with E-state index >= 15 is 0 Å². The third-order valence-electron chi connectivity index (χ3n) is 3.07. The summed E-state index contributed by atoms with van der Waals surface area (Å²) in [6.07, 6.45) is 3.64. The first-order valence-corrected chi connectivity index (χ1v) is 10.6. The Morgan fingerprint density at radius 3 is 2.57 bits per heavy atom. The molecule has 4 nitrogen and oxygen atoms in total. The highest BCUT2D eigenvalue weighted by Gasteiger charge is 2.19. The normalized spacial score (nSPS) is 13.6. The van der Waals surface area contributed by atoms with Gasteiger partial charge in [-0.25, -0.2) is 0 Å². The van der Waals surface area contributed by atoms with Crippen molar-refractivity contribution in [2.45, 2.75) is 32.6 Å². The molecule has 0 spiro atoms. The lowest BCUT2D eigenvalue weighted by molar-refractivity contribution is 0.543. The average Bonchev–Trinajstić information content (AvgIpc) is 2.80. The van der Waals surface area contributed by atoms with E-state index in [2.05, 4.69) is 42.7 Å². The number of hydrogen-bond donors (Lipinski definition) is 0. The molecule has 0 bridgehead atoms. The lowest BCUT2D eigenvalue weighted by atomic mass is 10.1. The Labute approximate surface area is 127 Å². The molecule has 0 aliphatic rings. The van der Waals surface area contributed by atoms with Gasteiger partial charge in [-0.1, -0.05) is 18.2 Å². The van der Waals surface area contributed by atoms with Crippen LogP contribution in [0.1, 0.15) is 24.2 Å².